The molecular formula is C19H23N3O3S. The van der Waals surface area contributed by atoms with E-state index in [1.54, 1.807) is 13.3 Å². The largest absolute Gasteiger partial charge is 0.497 e. The molecule has 1 N–H and O–H groups in total. The Morgan fingerprint density at radius 2 is 2.15 bits per heavy atom. The number of carbonyl (C=O) groups is 2. The highest BCUT2D eigenvalue weighted by Crippen LogP contribution is 2.39. The molecule has 0 saturated carbocycles. The molecular weight excluding hydrogens is 350 g/mol. The van der Waals surface area contributed by atoms with Gasteiger partial charge < -0.3 is 15.0 Å². The van der Waals surface area contributed by atoms with Crippen LogP contribution in [0.25, 0.3) is 0 Å². The number of nitrogens with zero attached hydrogens (tertiary/aromatic N) is 2. The maximum Gasteiger partial charge on any atom is 0.232 e. The first-order valence-electron chi connectivity index (χ1n) is 8.77. The molecule has 3 rings (SSSR count). The summed E-state index contributed by atoms with van der Waals surface area (Å²) in [6.45, 7) is 2.75. The molecule has 1 aliphatic heterocycles. The van der Waals surface area contributed by atoms with E-state index in [0.29, 0.717) is 11.7 Å². The molecule has 1 aliphatic rings. The van der Waals surface area contributed by atoms with E-state index in [-0.39, 0.29) is 24.3 Å². The number of hydrogen-bond acceptors (Lipinski definition) is 5. The van der Waals surface area contributed by atoms with E-state index in [0.717, 1.165) is 24.2 Å². The molecule has 0 unspecified atom stereocenters. The van der Waals surface area contributed by atoms with Gasteiger partial charge in [-0.2, -0.15) is 0 Å². The molecule has 2 aromatic rings. The summed E-state index contributed by atoms with van der Waals surface area (Å²) < 4.78 is 5.22. The molecule has 0 radical (unpaired) electrons. The summed E-state index contributed by atoms with van der Waals surface area (Å²) in [5.74, 6) is 0.185. The van der Waals surface area contributed by atoms with Gasteiger partial charge in [-0.25, -0.2) is 4.98 Å². The minimum atomic E-state index is -0.434. The van der Waals surface area contributed by atoms with Crippen molar-refractivity contribution in [2.75, 3.05) is 19.0 Å². The summed E-state index contributed by atoms with van der Waals surface area (Å²) in [7, 11) is 1.62. The van der Waals surface area contributed by atoms with Crippen molar-refractivity contribution in [1.82, 2.24) is 9.88 Å². The Kier molecular flexibility index (Phi) is 5.88. The highest BCUT2D eigenvalue weighted by atomic mass is 32.1. The third-order valence-electron chi connectivity index (χ3n) is 4.64. The highest BCUT2D eigenvalue weighted by molar-refractivity contribution is 7.13. The number of rotatable bonds is 7. The number of amides is 2. The first-order valence-corrected chi connectivity index (χ1v) is 9.65. The fourth-order valence-corrected chi connectivity index (χ4v) is 3.85. The van der Waals surface area contributed by atoms with Crippen molar-refractivity contribution in [2.45, 2.75) is 32.2 Å². The number of hydrogen-bond donors (Lipinski definition) is 1. The van der Waals surface area contributed by atoms with Crippen LogP contribution in [0.4, 0.5) is 5.13 Å². The quantitative estimate of drug-likeness (QED) is 0.806. The normalized spacial score (nSPS) is 19.6. The number of ether oxygens (including phenoxy) is 1. The summed E-state index contributed by atoms with van der Waals surface area (Å²) in [6.07, 6.45) is 3.78. The third-order valence-corrected chi connectivity index (χ3v) is 5.33. The highest BCUT2D eigenvalue weighted by Gasteiger charge is 2.44. The zero-order valence-electron chi connectivity index (χ0n) is 15.0. The number of unbranched alkanes of at least 4 members (excludes halogenated alkanes) is 1. The Morgan fingerprint density at radius 1 is 1.38 bits per heavy atom. The van der Waals surface area contributed by atoms with Crippen molar-refractivity contribution in [2.24, 2.45) is 5.92 Å². The average Bonchev–Trinajstić information content (AvgIpc) is 3.27. The van der Waals surface area contributed by atoms with Crippen LogP contribution in [-0.4, -0.2) is 35.4 Å². The maximum atomic E-state index is 12.8. The summed E-state index contributed by atoms with van der Waals surface area (Å²) in [5, 5.41) is 5.22. The van der Waals surface area contributed by atoms with E-state index in [1.165, 1.54) is 11.3 Å². The first kappa shape index (κ1) is 18.4. The lowest BCUT2D eigenvalue weighted by atomic mass is 9.92. The zero-order valence-corrected chi connectivity index (χ0v) is 15.8. The van der Waals surface area contributed by atoms with Crippen molar-refractivity contribution >= 4 is 28.3 Å². The Bertz CT molecular complexity index is 746. The molecule has 0 spiro atoms. The number of aromatic nitrogens is 1. The van der Waals surface area contributed by atoms with Crippen molar-refractivity contribution in [3.05, 3.63) is 41.4 Å². The number of anilines is 1. The second kappa shape index (κ2) is 8.31. The summed E-state index contributed by atoms with van der Waals surface area (Å²) >= 11 is 1.37. The molecule has 7 heteroatoms. The summed E-state index contributed by atoms with van der Waals surface area (Å²) in [5.41, 5.74) is 0.951. The lowest BCUT2D eigenvalue weighted by Gasteiger charge is -2.28. The van der Waals surface area contributed by atoms with Gasteiger partial charge in [-0.3, -0.25) is 9.59 Å². The molecule has 6 nitrogen and oxygen atoms in total. The molecule has 138 valence electrons. The minimum absolute atomic E-state index is 0.0264. The average molecular weight is 373 g/mol. The number of benzene rings is 1. The van der Waals surface area contributed by atoms with Gasteiger partial charge in [0.2, 0.25) is 11.8 Å². The van der Waals surface area contributed by atoms with E-state index >= 15 is 0 Å². The van der Waals surface area contributed by atoms with Gasteiger partial charge in [0, 0.05) is 24.5 Å². The van der Waals surface area contributed by atoms with Gasteiger partial charge in [-0.15, -0.1) is 11.3 Å². The standard InChI is InChI=1S/C19H23N3O3S/c1-3-4-10-22-16(23)12-15(18(24)21-19-20-9-11-26-19)17(22)13-5-7-14(25-2)8-6-13/h5-9,11,15,17H,3-4,10,12H2,1-2H3,(H,20,21,24)/t15-,17-/m0/s1. The second-order valence-electron chi connectivity index (χ2n) is 6.30. The molecule has 1 aromatic heterocycles. The lowest BCUT2D eigenvalue weighted by Crippen LogP contribution is -2.33. The zero-order chi connectivity index (χ0) is 18.5. The molecule has 1 aromatic carbocycles. The Labute approximate surface area is 157 Å². The van der Waals surface area contributed by atoms with Crippen molar-refractivity contribution in [3.8, 4) is 5.75 Å². The molecule has 0 bridgehead atoms. The van der Waals surface area contributed by atoms with Crippen LogP contribution in [0, 0.1) is 5.92 Å². The Hall–Kier alpha value is -2.41. The van der Waals surface area contributed by atoms with E-state index < -0.39 is 5.92 Å². The predicted octanol–water partition coefficient (Wildman–Crippen LogP) is 3.48. The first-order chi connectivity index (χ1) is 12.6. The molecule has 2 amide bonds. The smallest absolute Gasteiger partial charge is 0.232 e. The molecule has 2 atom stereocenters. The van der Waals surface area contributed by atoms with E-state index in [2.05, 4.69) is 17.2 Å². The van der Waals surface area contributed by atoms with Crippen LogP contribution in [0.1, 0.15) is 37.8 Å². The van der Waals surface area contributed by atoms with Gasteiger partial charge in [0.05, 0.1) is 19.1 Å². The monoisotopic (exact) mass is 373 g/mol. The van der Waals surface area contributed by atoms with Crippen molar-refractivity contribution in [1.29, 1.82) is 0 Å². The van der Waals surface area contributed by atoms with Gasteiger partial charge in [0.1, 0.15) is 5.75 Å². The summed E-state index contributed by atoms with van der Waals surface area (Å²) in [6, 6.07) is 7.34. The Morgan fingerprint density at radius 3 is 2.77 bits per heavy atom. The number of carbonyl (C=O) groups excluding carboxylic acids is 2. The van der Waals surface area contributed by atoms with Crippen LogP contribution >= 0.6 is 11.3 Å². The number of methoxy groups -OCH3 is 1. The summed E-state index contributed by atoms with van der Waals surface area (Å²) in [4.78, 5) is 31.4. The van der Waals surface area contributed by atoms with Crippen LogP contribution in [-0.2, 0) is 9.59 Å². The lowest BCUT2D eigenvalue weighted by molar-refractivity contribution is -0.129. The molecule has 1 saturated heterocycles. The van der Waals surface area contributed by atoms with Crippen molar-refractivity contribution < 1.29 is 14.3 Å². The van der Waals surface area contributed by atoms with E-state index in [9.17, 15) is 9.59 Å². The predicted molar refractivity (Wildman–Crippen MR) is 101 cm³/mol. The Balaban J connectivity index is 1.87. The van der Waals surface area contributed by atoms with Gasteiger partial charge in [0.25, 0.3) is 0 Å². The molecule has 26 heavy (non-hydrogen) atoms. The minimum Gasteiger partial charge on any atom is -0.497 e. The molecule has 0 aliphatic carbocycles. The number of nitrogens with one attached hydrogen (secondary N) is 1. The fourth-order valence-electron chi connectivity index (χ4n) is 3.31. The van der Waals surface area contributed by atoms with Crippen LogP contribution in [0.3, 0.4) is 0 Å². The van der Waals surface area contributed by atoms with Crippen LogP contribution in [0.15, 0.2) is 35.8 Å². The van der Waals surface area contributed by atoms with Gasteiger partial charge in [-0.05, 0) is 24.1 Å². The molecule has 2 heterocycles. The van der Waals surface area contributed by atoms with Gasteiger partial charge in [-0.1, -0.05) is 25.5 Å². The van der Waals surface area contributed by atoms with E-state index in [4.69, 9.17) is 4.74 Å². The van der Waals surface area contributed by atoms with Crippen molar-refractivity contribution in [3.63, 3.8) is 0 Å². The number of thiazole rings is 1. The maximum absolute atomic E-state index is 12.8. The topological polar surface area (TPSA) is 71.5 Å². The van der Waals surface area contributed by atoms with Crippen LogP contribution in [0.2, 0.25) is 0 Å². The SMILES string of the molecule is CCCCN1C(=O)C[C@H](C(=O)Nc2nccs2)[C@@H]1c1ccc(OC)cc1. The van der Waals surface area contributed by atoms with Crippen LogP contribution in [0.5, 0.6) is 5.75 Å². The third kappa shape index (κ3) is 3.88. The fraction of sp³-hybridized carbons (Fsp3) is 0.421. The van der Waals surface area contributed by atoms with Crippen LogP contribution < -0.4 is 10.1 Å². The van der Waals surface area contributed by atoms with Gasteiger partial charge >= 0.3 is 0 Å². The number of likely N-dealkylation sites (tertiary alicyclic amines) is 1. The van der Waals surface area contributed by atoms with E-state index in [1.807, 2.05) is 34.5 Å². The molecule has 1 fully saturated rings. The van der Waals surface area contributed by atoms with Gasteiger partial charge in [0.15, 0.2) is 5.13 Å². The second-order valence-corrected chi connectivity index (χ2v) is 7.19.